The predicted octanol–water partition coefficient (Wildman–Crippen LogP) is 1.95. The first-order valence-electron chi connectivity index (χ1n) is 9.05. The van der Waals surface area contributed by atoms with Gasteiger partial charge in [0.15, 0.2) is 12.0 Å². The van der Waals surface area contributed by atoms with Crippen LogP contribution in [0.15, 0.2) is 48.9 Å². The fourth-order valence-electron chi connectivity index (χ4n) is 3.58. The summed E-state index contributed by atoms with van der Waals surface area (Å²) in [5.41, 5.74) is 1.19. The summed E-state index contributed by atoms with van der Waals surface area (Å²) in [5.74, 6) is -0.569. The van der Waals surface area contributed by atoms with E-state index in [0.717, 1.165) is 6.20 Å². The van der Waals surface area contributed by atoms with Gasteiger partial charge in [0.1, 0.15) is 17.5 Å². The molecule has 0 aliphatic carbocycles. The third-order valence-corrected chi connectivity index (χ3v) is 5.01. The van der Waals surface area contributed by atoms with Gasteiger partial charge in [-0.05, 0) is 12.1 Å². The van der Waals surface area contributed by atoms with Crippen LogP contribution in [0, 0.1) is 5.82 Å². The Balaban J connectivity index is 1.32. The molecule has 1 fully saturated rings. The summed E-state index contributed by atoms with van der Waals surface area (Å²) in [6, 6.07) is 4.39. The number of phenols is 1. The highest BCUT2D eigenvalue weighted by atomic mass is 19.1. The van der Waals surface area contributed by atoms with E-state index in [1.54, 1.807) is 12.1 Å². The van der Waals surface area contributed by atoms with Gasteiger partial charge in [0.25, 0.3) is 0 Å². The molecule has 4 atom stereocenters. The zero-order chi connectivity index (χ0) is 20.0. The summed E-state index contributed by atoms with van der Waals surface area (Å²) in [6.45, 7) is 0. The number of aromatic hydroxyl groups is 1. The molecule has 2 aliphatic heterocycles. The van der Waals surface area contributed by atoms with Gasteiger partial charge in [0, 0.05) is 24.1 Å². The summed E-state index contributed by atoms with van der Waals surface area (Å²) in [4.78, 5) is 4.10. The lowest BCUT2D eigenvalue weighted by atomic mass is 9.99. The SMILES string of the molecule is Oc1cc(-n2cc(F)cn2)ccc1-c1cnc(O[C@H]2C[C@@H]3C=C[C@@H](N3)[C@H]2F)nn1. The molecule has 29 heavy (non-hydrogen) atoms. The Morgan fingerprint density at radius 3 is 2.83 bits per heavy atom. The van der Waals surface area contributed by atoms with Crippen LogP contribution in [0.25, 0.3) is 16.9 Å². The van der Waals surface area contributed by atoms with Gasteiger partial charge in [-0.25, -0.2) is 18.4 Å². The lowest BCUT2D eigenvalue weighted by molar-refractivity contribution is 0.0438. The number of fused-ring (bicyclic) bond motifs is 2. The van der Waals surface area contributed by atoms with Crippen molar-refractivity contribution in [1.82, 2.24) is 30.3 Å². The van der Waals surface area contributed by atoms with E-state index in [1.165, 1.54) is 23.1 Å². The smallest absolute Gasteiger partial charge is 0.336 e. The highest BCUT2D eigenvalue weighted by molar-refractivity contribution is 5.67. The van der Waals surface area contributed by atoms with Gasteiger partial charge in [0.2, 0.25) is 0 Å². The van der Waals surface area contributed by atoms with Crippen LogP contribution in [0.3, 0.4) is 0 Å². The Bertz CT molecular complexity index is 1070. The van der Waals surface area contributed by atoms with Crippen LogP contribution < -0.4 is 10.1 Å². The van der Waals surface area contributed by atoms with E-state index in [0.29, 0.717) is 23.4 Å². The van der Waals surface area contributed by atoms with Crippen molar-refractivity contribution in [3.05, 3.63) is 54.8 Å². The van der Waals surface area contributed by atoms with Gasteiger partial charge in [-0.3, -0.25) is 0 Å². The lowest BCUT2D eigenvalue weighted by Crippen LogP contribution is -2.52. The van der Waals surface area contributed by atoms with Gasteiger partial charge >= 0.3 is 6.01 Å². The zero-order valence-corrected chi connectivity index (χ0v) is 15.0. The quantitative estimate of drug-likeness (QED) is 0.649. The second-order valence-electron chi connectivity index (χ2n) is 6.95. The molecular formula is C19H16F2N6O2. The van der Waals surface area contributed by atoms with Crippen molar-refractivity contribution < 1.29 is 18.6 Å². The normalized spacial score (nSPS) is 25.3. The van der Waals surface area contributed by atoms with Crippen LogP contribution in [0.5, 0.6) is 11.8 Å². The van der Waals surface area contributed by atoms with Crippen molar-refractivity contribution in [2.45, 2.75) is 30.8 Å². The van der Waals surface area contributed by atoms with Crippen LogP contribution in [0.2, 0.25) is 0 Å². The Hall–Kier alpha value is -3.40. The molecule has 148 valence electrons. The average Bonchev–Trinajstić information content (AvgIpc) is 3.33. The summed E-state index contributed by atoms with van der Waals surface area (Å²) in [7, 11) is 0. The third-order valence-electron chi connectivity index (χ3n) is 5.01. The summed E-state index contributed by atoms with van der Waals surface area (Å²) in [6.07, 6.45) is 6.04. The van der Waals surface area contributed by atoms with E-state index in [9.17, 15) is 13.9 Å². The number of aromatic nitrogens is 5. The average molecular weight is 398 g/mol. The van der Waals surface area contributed by atoms with Crippen molar-refractivity contribution in [3.63, 3.8) is 0 Å². The van der Waals surface area contributed by atoms with Crippen LogP contribution in [0.4, 0.5) is 8.78 Å². The molecule has 10 heteroatoms. The Morgan fingerprint density at radius 2 is 2.10 bits per heavy atom. The Morgan fingerprint density at radius 1 is 1.21 bits per heavy atom. The second-order valence-corrected chi connectivity index (χ2v) is 6.95. The minimum absolute atomic E-state index is 0.0224. The summed E-state index contributed by atoms with van der Waals surface area (Å²) in [5, 5.41) is 25.2. The van der Waals surface area contributed by atoms with Crippen LogP contribution in [0.1, 0.15) is 6.42 Å². The van der Waals surface area contributed by atoms with Crippen molar-refractivity contribution in [2.24, 2.45) is 0 Å². The zero-order valence-electron chi connectivity index (χ0n) is 15.0. The van der Waals surface area contributed by atoms with Crippen LogP contribution >= 0.6 is 0 Å². The van der Waals surface area contributed by atoms with Gasteiger partial charge in [-0.15, -0.1) is 5.10 Å². The van der Waals surface area contributed by atoms with Crippen molar-refractivity contribution >= 4 is 0 Å². The highest BCUT2D eigenvalue weighted by Gasteiger charge is 2.40. The molecule has 0 spiro atoms. The first kappa shape index (κ1) is 17.7. The number of alkyl halides is 1. The number of benzene rings is 1. The molecule has 4 heterocycles. The van der Waals surface area contributed by atoms with Crippen molar-refractivity contribution in [1.29, 1.82) is 0 Å². The summed E-state index contributed by atoms with van der Waals surface area (Å²) < 4.78 is 34.4. The first-order chi connectivity index (χ1) is 14.1. The van der Waals surface area contributed by atoms with Gasteiger partial charge in [0.05, 0.1) is 30.3 Å². The number of halogens is 2. The number of hydrogen-bond donors (Lipinski definition) is 2. The minimum Gasteiger partial charge on any atom is -0.507 e. The number of nitrogens with one attached hydrogen (secondary N) is 1. The van der Waals surface area contributed by atoms with E-state index in [2.05, 4.69) is 25.6 Å². The number of phenolic OH excluding ortho intramolecular Hbond substituents is 1. The van der Waals surface area contributed by atoms with Crippen molar-refractivity contribution in [3.8, 4) is 28.7 Å². The van der Waals surface area contributed by atoms with Crippen molar-refractivity contribution in [2.75, 3.05) is 0 Å². The molecule has 2 bridgehead atoms. The summed E-state index contributed by atoms with van der Waals surface area (Å²) >= 11 is 0. The number of nitrogens with zero attached hydrogens (tertiary/aromatic N) is 5. The highest BCUT2D eigenvalue weighted by Crippen LogP contribution is 2.30. The maximum absolute atomic E-state index is 14.4. The molecule has 0 amide bonds. The minimum atomic E-state index is -1.20. The van der Waals surface area contributed by atoms with Gasteiger partial charge in [-0.2, -0.15) is 5.10 Å². The fourth-order valence-corrected chi connectivity index (χ4v) is 3.58. The van der Waals surface area contributed by atoms with E-state index < -0.39 is 18.1 Å². The number of hydrogen-bond acceptors (Lipinski definition) is 7. The molecule has 2 N–H and O–H groups in total. The molecule has 8 nitrogen and oxygen atoms in total. The third kappa shape index (κ3) is 3.31. The van der Waals surface area contributed by atoms with E-state index in [-0.39, 0.29) is 23.8 Å². The maximum Gasteiger partial charge on any atom is 0.336 e. The van der Waals surface area contributed by atoms with Gasteiger partial charge < -0.3 is 15.2 Å². The molecule has 0 unspecified atom stereocenters. The monoisotopic (exact) mass is 398 g/mol. The Labute approximate surface area is 163 Å². The molecule has 0 saturated carbocycles. The molecule has 3 aromatic rings. The van der Waals surface area contributed by atoms with Crippen LogP contribution in [-0.2, 0) is 0 Å². The van der Waals surface area contributed by atoms with E-state index in [4.69, 9.17) is 4.74 Å². The fraction of sp³-hybridized carbons (Fsp3) is 0.263. The lowest BCUT2D eigenvalue weighted by Gasteiger charge is -2.32. The second kappa shape index (κ2) is 6.89. The molecule has 2 aliphatic rings. The van der Waals surface area contributed by atoms with E-state index >= 15 is 0 Å². The standard InChI is InChI=1S/C19H16F2N6O2/c20-10-7-23-27(9-10)12-2-3-13(16(28)6-12)15-8-22-19(26-25-15)29-17-5-11-1-4-14(24-11)18(17)21/h1-4,6-9,11,14,17-18,24,28H,5H2/t11-,14+,17-,18+/m0/s1. The molecular weight excluding hydrogens is 382 g/mol. The van der Waals surface area contributed by atoms with Gasteiger partial charge in [-0.1, -0.05) is 17.3 Å². The maximum atomic E-state index is 14.4. The molecule has 0 radical (unpaired) electrons. The molecule has 1 aromatic carbocycles. The number of ether oxygens (including phenoxy) is 1. The first-order valence-corrected chi connectivity index (χ1v) is 9.05. The topological polar surface area (TPSA) is 98.0 Å². The largest absolute Gasteiger partial charge is 0.507 e. The number of rotatable bonds is 4. The van der Waals surface area contributed by atoms with E-state index in [1.807, 2.05) is 12.2 Å². The number of piperidine rings is 1. The molecule has 5 rings (SSSR count). The van der Waals surface area contributed by atoms with Crippen LogP contribution in [-0.4, -0.2) is 54.4 Å². The predicted molar refractivity (Wildman–Crippen MR) is 97.8 cm³/mol. The molecule has 2 aromatic heterocycles. The Kier molecular flexibility index (Phi) is 4.20. The molecule has 1 saturated heterocycles.